The highest BCUT2D eigenvalue weighted by Crippen LogP contribution is 2.22. The molecule has 2 aliphatic rings. The number of likely N-dealkylation sites (tertiary alicyclic amines) is 1. The van der Waals surface area contributed by atoms with Crippen molar-refractivity contribution in [2.75, 3.05) is 37.7 Å². The summed E-state index contributed by atoms with van der Waals surface area (Å²) in [5.41, 5.74) is -0.483. The maximum atomic E-state index is 12.2. The summed E-state index contributed by atoms with van der Waals surface area (Å²) in [6.07, 6.45) is 1.69. The molecule has 0 N–H and O–H groups in total. The van der Waals surface area contributed by atoms with E-state index >= 15 is 0 Å². The SMILES string of the molecule is CC(C)(C)OC(=O)N1CCC[C@H]1CN1CCS(=O)(=O)CC1. The van der Waals surface area contributed by atoms with E-state index in [-0.39, 0.29) is 23.6 Å². The van der Waals surface area contributed by atoms with Gasteiger partial charge in [-0.2, -0.15) is 0 Å². The van der Waals surface area contributed by atoms with Crippen LogP contribution in [0.4, 0.5) is 4.79 Å². The van der Waals surface area contributed by atoms with Crippen molar-refractivity contribution in [3.8, 4) is 0 Å². The molecular formula is C14H26N2O4S. The first-order valence-corrected chi connectivity index (χ1v) is 9.41. The van der Waals surface area contributed by atoms with E-state index in [0.29, 0.717) is 13.1 Å². The highest BCUT2D eigenvalue weighted by molar-refractivity contribution is 7.91. The van der Waals surface area contributed by atoms with Crippen LogP contribution < -0.4 is 0 Å². The summed E-state index contributed by atoms with van der Waals surface area (Å²) in [7, 11) is -2.85. The summed E-state index contributed by atoms with van der Waals surface area (Å²) in [6.45, 7) is 8.21. The Hall–Kier alpha value is -0.820. The van der Waals surface area contributed by atoms with Crippen molar-refractivity contribution in [2.45, 2.75) is 45.3 Å². The minimum Gasteiger partial charge on any atom is -0.444 e. The Kier molecular flexibility index (Phi) is 4.82. The number of nitrogens with zero attached hydrogens (tertiary/aromatic N) is 2. The fraction of sp³-hybridized carbons (Fsp3) is 0.929. The molecule has 0 aromatic carbocycles. The lowest BCUT2D eigenvalue weighted by atomic mass is 10.2. The smallest absolute Gasteiger partial charge is 0.410 e. The summed E-state index contributed by atoms with van der Waals surface area (Å²) in [6, 6.07) is 0.139. The van der Waals surface area contributed by atoms with Crippen LogP contribution in [0.25, 0.3) is 0 Å². The summed E-state index contributed by atoms with van der Waals surface area (Å²) in [5, 5.41) is 0. The summed E-state index contributed by atoms with van der Waals surface area (Å²) in [4.78, 5) is 16.2. The van der Waals surface area contributed by atoms with E-state index < -0.39 is 15.4 Å². The molecule has 6 nitrogen and oxygen atoms in total. The molecule has 0 spiro atoms. The average molecular weight is 318 g/mol. The van der Waals surface area contributed by atoms with Gasteiger partial charge in [0.15, 0.2) is 9.84 Å². The molecule has 0 aliphatic carbocycles. The van der Waals surface area contributed by atoms with Gasteiger partial charge in [-0.1, -0.05) is 0 Å². The van der Waals surface area contributed by atoms with Crippen LogP contribution in [-0.4, -0.2) is 73.6 Å². The van der Waals surface area contributed by atoms with Gasteiger partial charge in [0.25, 0.3) is 0 Å². The monoisotopic (exact) mass is 318 g/mol. The molecule has 0 saturated carbocycles. The average Bonchev–Trinajstić information content (AvgIpc) is 2.78. The minimum atomic E-state index is -2.85. The normalized spacial score (nSPS) is 26.8. The number of hydrogen-bond acceptors (Lipinski definition) is 5. The predicted octanol–water partition coefficient (Wildman–Crippen LogP) is 1.12. The van der Waals surface area contributed by atoms with Gasteiger partial charge in [0.2, 0.25) is 0 Å². The second-order valence-electron chi connectivity index (χ2n) is 6.92. The molecule has 2 saturated heterocycles. The minimum absolute atomic E-state index is 0.139. The molecule has 1 atom stereocenters. The zero-order chi connectivity index (χ0) is 15.7. The van der Waals surface area contributed by atoms with Crippen molar-refractivity contribution < 1.29 is 17.9 Å². The number of rotatable bonds is 2. The van der Waals surface area contributed by atoms with E-state index in [2.05, 4.69) is 4.90 Å². The molecular weight excluding hydrogens is 292 g/mol. The Morgan fingerprint density at radius 2 is 1.81 bits per heavy atom. The van der Waals surface area contributed by atoms with E-state index in [9.17, 15) is 13.2 Å². The molecule has 0 unspecified atom stereocenters. The Bertz CT molecular complexity index is 470. The lowest BCUT2D eigenvalue weighted by Gasteiger charge is -2.33. The van der Waals surface area contributed by atoms with Gasteiger partial charge >= 0.3 is 6.09 Å². The second-order valence-corrected chi connectivity index (χ2v) is 9.23. The first kappa shape index (κ1) is 16.5. The predicted molar refractivity (Wildman–Crippen MR) is 81.1 cm³/mol. The molecule has 2 aliphatic heterocycles. The number of sulfone groups is 1. The highest BCUT2D eigenvalue weighted by Gasteiger charge is 2.34. The molecule has 1 amide bonds. The van der Waals surface area contributed by atoms with Crippen LogP contribution in [-0.2, 0) is 14.6 Å². The van der Waals surface area contributed by atoms with E-state index in [4.69, 9.17) is 4.74 Å². The van der Waals surface area contributed by atoms with Gasteiger partial charge in [0, 0.05) is 32.2 Å². The summed E-state index contributed by atoms with van der Waals surface area (Å²) >= 11 is 0. The summed E-state index contributed by atoms with van der Waals surface area (Å²) in [5.74, 6) is 0.457. The van der Waals surface area contributed by atoms with Gasteiger partial charge in [0.05, 0.1) is 11.5 Å². The lowest BCUT2D eigenvalue weighted by molar-refractivity contribution is 0.0198. The van der Waals surface area contributed by atoms with E-state index in [1.807, 2.05) is 20.8 Å². The molecule has 0 bridgehead atoms. The van der Waals surface area contributed by atoms with Crippen molar-refractivity contribution >= 4 is 15.9 Å². The van der Waals surface area contributed by atoms with Crippen LogP contribution in [0, 0.1) is 0 Å². The Balaban J connectivity index is 1.89. The molecule has 21 heavy (non-hydrogen) atoms. The maximum absolute atomic E-state index is 12.2. The first-order valence-electron chi connectivity index (χ1n) is 7.59. The molecule has 0 radical (unpaired) electrons. The molecule has 122 valence electrons. The molecule has 2 rings (SSSR count). The Labute approximate surface area is 127 Å². The fourth-order valence-electron chi connectivity index (χ4n) is 2.82. The van der Waals surface area contributed by atoms with Gasteiger partial charge in [-0.05, 0) is 33.6 Å². The van der Waals surface area contributed by atoms with Crippen LogP contribution in [0.3, 0.4) is 0 Å². The number of carbonyl (C=O) groups is 1. The number of ether oxygens (including phenoxy) is 1. The first-order chi connectivity index (χ1) is 9.66. The van der Waals surface area contributed by atoms with Crippen LogP contribution in [0.5, 0.6) is 0 Å². The van der Waals surface area contributed by atoms with Crippen LogP contribution in [0.2, 0.25) is 0 Å². The third-order valence-electron chi connectivity index (χ3n) is 3.91. The van der Waals surface area contributed by atoms with Crippen molar-refractivity contribution in [1.29, 1.82) is 0 Å². The van der Waals surface area contributed by atoms with E-state index in [1.165, 1.54) is 0 Å². The van der Waals surface area contributed by atoms with E-state index in [1.54, 1.807) is 4.90 Å². The zero-order valence-corrected chi connectivity index (χ0v) is 14.0. The van der Waals surface area contributed by atoms with Crippen molar-refractivity contribution in [3.05, 3.63) is 0 Å². The van der Waals surface area contributed by atoms with Gasteiger partial charge in [-0.25, -0.2) is 13.2 Å². The Morgan fingerprint density at radius 1 is 1.19 bits per heavy atom. The fourth-order valence-corrected chi connectivity index (χ4v) is 4.09. The quantitative estimate of drug-likeness (QED) is 0.763. The topological polar surface area (TPSA) is 66.9 Å². The molecule has 0 aromatic rings. The largest absolute Gasteiger partial charge is 0.444 e. The Morgan fingerprint density at radius 3 is 2.38 bits per heavy atom. The van der Waals surface area contributed by atoms with E-state index in [0.717, 1.165) is 25.9 Å². The van der Waals surface area contributed by atoms with Crippen molar-refractivity contribution in [3.63, 3.8) is 0 Å². The maximum Gasteiger partial charge on any atom is 0.410 e. The van der Waals surface area contributed by atoms with Crippen LogP contribution in [0.1, 0.15) is 33.6 Å². The third-order valence-corrected chi connectivity index (χ3v) is 5.52. The molecule has 0 aromatic heterocycles. The molecule has 7 heteroatoms. The third kappa shape index (κ3) is 4.85. The number of amides is 1. The molecule has 2 fully saturated rings. The highest BCUT2D eigenvalue weighted by atomic mass is 32.2. The van der Waals surface area contributed by atoms with Crippen LogP contribution >= 0.6 is 0 Å². The van der Waals surface area contributed by atoms with Gasteiger partial charge in [-0.3, -0.25) is 4.90 Å². The number of hydrogen-bond donors (Lipinski definition) is 0. The second kappa shape index (κ2) is 6.12. The molecule has 2 heterocycles. The summed E-state index contributed by atoms with van der Waals surface area (Å²) < 4.78 is 28.3. The van der Waals surface area contributed by atoms with Crippen molar-refractivity contribution in [2.24, 2.45) is 0 Å². The zero-order valence-electron chi connectivity index (χ0n) is 13.2. The standard InChI is InChI=1S/C14H26N2O4S/c1-14(2,3)20-13(17)16-6-4-5-12(16)11-15-7-9-21(18,19)10-8-15/h12H,4-11H2,1-3H3/t12-/m0/s1. The van der Waals surface area contributed by atoms with Gasteiger partial charge in [0.1, 0.15) is 5.60 Å². The van der Waals surface area contributed by atoms with Gasteiger partial charge < -0.3 is 9.64 Å². The number of carbonyl (C=O) groups excluding carboxylic acids is 1. The van der Waals surface area contributed by atoms with Gasteiger partial charge in [-0.15, -0.1) is 0 Å². The lowest BCUT2D eigenvalue weighted by Crippen LogP contribution is -2.49. The van der Waals surface area contributed by atoms with Crippen LogP contribution in [0.15, 0.2) is 0 Å². The van der Waals surface area contributed by atoms with Crippen molar-refractivity contribution in [1.82, 2.24) is 9.80 Å².